The number of tetrazole rings is 1. The number of likely N-dealkylation sites (N-methyl/N-ethyl adjacent to an activating group) is 1. The van der Waals surface area contributed by atoms with Gasteiger partial charge in [0.25, 0.3) is 11.6 Å². The molecule has 3 aromatic rings. The van der Waals surface area contributed by atoms with Crippen LogP contribution in [0.15, 0.2) is 28.3 Å². The van der Waals surface area contributed by atoms with Crippen molar-refractivity contribution in [1.82, 2.24) is 30.1 Å². The lowest BCUT2D eigenvalue weighted by molar-refractivity contribution is -0.384. The highest BCUT2D eigenvalue weighted by Gasteiger charge is 2.22. The van der Waals surface area contributed by atoms with Gasteiger partial charge >= 0.3 is 0 Å². The number of fused-ring (bicyclic) bond motifs is 1. The van der Waals surface area contributed by atoms with Gasteiger partial charge < -0.3 is 4.90 Å². The van der Waals surface area contributed by atoms with Crippen molar-refractivity contribution in [2.24, 2.45) is 7.05 Å². The Balaban J connectivity index is 1.63. The van der Waals surface area contributed by atoms with E-state index in [4.69, 9.17) is 0 Å². The third-order valence-corrected chi connectivity index (χ3v) is 6.45. The molecule has 0 radical (unpaired) electrons. The Morgan fingerprint density at radius 3 is 2.93 bits per heavy atom. The van der Waals surface area contributed by atoms with Crippen LogP contribution in [0, 0.1) is 10.1 Å². The number of thiazole rings is 1. The molecule has 0 unspecified atom stereocenters. The van der Waals surface area contributed by atoms with Crippen LogP contribution in [-0.4, -0.2) is 54.5 Å². The van der Waals surface area contributed by atoms with E-state index >= 15 is 0 Å². The molecule has 0 saturated carbocycles. The maximum atomic E-state index is 13.0. The van der Waals surface area contributed by atoms with Crippen LogP contribution in [0.4, 0.5) is 10.8 Å². The van der Waals surface area contributed by atoms with Crippen molar-refractivity contribution in [2.75, 3.05) is 18.9 Å². The number of amides is 1. The number of hydrogen-bond donors (Lipinski definition) is 1. The highest BCUT2D eigenvalue weighted by atomic mass is 32.2. The van der Waals surface area contributed by atoms with Crippen LogP contribution in [0.2, 0.25) is 0 Å². The molecular formula is C16H16N8O3S2. The number of nitro benzene ring substituents is 1. The van der Waals surface area contributed by atoms with Crippen LogP contribution in [0.5, 0.6) is 0 Å². The summed E-state index contributed by atoms with van der Waals surface area (Å²) < 4.78 is 1.46. The third kappa shape index (κ3) is 4.11. The van der Waals surface area contributed by atoms with Gasteiger partial charge in [-0.2, -0.15) is 0 Å². The third-order valence-electron chi connectivity index (χ3n) is 4.34. The van der Waals surface area contributed by atoms with E-state index in [1.165, 1.54) is 34.2 Å². The maximum Gasteiger partial charge on any atom is 0.270 e. The van der Waals surface area contributed by atoms with Gasteiger partial charge in [-0.25, -0.2) is 9.67 Å². The predicted octanol–water partition coefficient (Wildman–Crippen LogP) is 1.97. The lowest BCUT2D eigenvalue weighted by atomic mass is 10.2. The minimum absolute atomic E-state index is 0.164. The van der Waals surface area contributed by atoms with E-state index in [-0.39, 0.29) is 11.3 Å². The van der Waals surface area contributed by atoms with E-state index in [9.17, 15) is 14.9 Å². The van der Waals surface area contributed by atoms with Gasteiger partial charge in [-0.1, -0.05) is 0 Å². The molecule has 2 aromatic heterocycles. The minimum Gasteiger partial charge on any atom is -0.301 e. The fraction of sp³-hybridized carbons (Fsp3) is 0.312. The Morgan fingerprint density at radius 2 is 2.21 bits per heavy atom. The Labute approximate surface area is 173 Å². The maximum absolute atomic E-state index is 13.0. The second-order valence-electron chi connectivity index (χ2n) is 6.46. The standard InChI is InChI=1S/C16H16N8O3S2/c1-22-6-5-11-13(8-22)28-15(17-11)18-14(25)10-7-9(24(26)27)3-4-12(10)29-16-19-20-21-23(16)2/h3-4,7H,5-6,8H2,1-2H3,(H,17,18,25). The molecule has 0 atom stereocenters. The van der Waals surface area contributed by atoms with E-state index in [0.717, 1.165) is 41.8 Å². The molecule has 150 valence electrons. The molecule has 0 saturated heterocycles. The summed E-state index contributed by atoms with van der Waals surface area (Å²) in [6.45, 7) is 1.71. The van der Waals surface area contributed by atoms with Crippen LogP contribution in [0.3, 0.4) is 0 Å². The number of anilines is 1. The smallest absolute Gasteiger partial charge is 0.270 e. The number of rotatable bonds is 5. The van der Waals surface area contributed by atoms with Crippen molar-refractivity contribution in [3.8, 4) is 0 Å². The molecule has 1 aliphatic heterocycles. The van der Waals surface area contributed by atoms with Gasteiger partial charge in [0, 0.05) is 48.5 Å². The van der Waals surface area contributed by atoms with Crippen molar-refractivity contribution in [3.63, 3.8) is 0 Å². The lowest BCUT2D eigenvalue weighted by Crippen LogP contribution is -2.25. The van der Waals surface area contributed by atoms with Crippen LogP contribution < -0.4 is 5.32 Å². The Bertz CT molecular complexity index is 1100. The Kier molecular flexibility index (Phi) is 5.25. The van der Waals surface area contributed by atoms with Gasteiger partial charge in [0.2, 0.25) is 5.16 Å². The number of benzene rings is 1. The first-order valence-electron chi connectivity index (χ1n) is 8.58. The van der Waals surface area contributed by atoms with Gasteiger partial charge in [-0.15, -0.1) is 16.4 Å². The number of hydrogen-bond acceptors (Lipinski definition) is 10. The average Bonchev–Trinajstić information content (AvgIpc) is 3.26. The Morgan fingerprint density at radius 1 is 1.38 bits per heavy atom. The SMILES string of the molecule is CN1CCc2nc(NC(=O)c3cc([N+](=O)[O-])ccc3Sc3nnnn3C)sc2C1. The van der Waals surface area contributed by atoms with Crippen LogP contribution in [0.25, 0.3) is 0 Å². The van der Waals surface area contributed by atoms with Crippen molar-refractivity contribution in [3.05, 3.63) is 44.4 Å². The first-order valence-corrected chi connectivity index (χ1v) is 10.2. The zero-order valence-corrected chi connectivity index (χ0v) is 17.2. The van der Waals surface area contributed by atoms with Gasteiger partial charge in [-0.3, -0.25) is 20.2 Å². The summed E-state index contributed by atoms with van der Waals surface area (Å²) in [5, 5.41) is 26.1. The van der Waals surface area contributed by atoms with Gasteiger partial charge in [-0.05, 0) is 35.3 Å². The number of nitrogens with zero attached hydrogens (tertiary/aromatic N) is 7. The summed E-state index contributed by atoms with van der Waals surface area (Å²) in [6, 6.07) is 4.12. The van der Waals surface area contributed by atoms with E-state index in [1.54, 1.807) is 7.05 Å². The molecule has 0 spiro atoms. The highest BCUT2D eigenvalue weighted by Crippen LogP contribution is 2.33. The lowest BCUT2D eigenvalue weighted by Gasteiger charge is -2.20. The summed E-state index contributed by atoms with van der Waals surface area (Å²) in [6.07, 6.45) is 0.829. The van der Waals surface area contributed by atoms with Crippen molar-refractivity contribution >= 4 is 39.8 Å². The number of non-ortho nitro benzene ring substituents is 1. The number of carbonyl (C=O) groups excluding carboxylic acids is 1. The fourth-order valence-corrected chi connectivity index (χ4v) is 4.77. The molecule has 1 amide bonds. The van der Waals surface area contributed by atoms with Crippen LogP contribution >= 0.6 is 23.1 Å². The zero-order valence-electron chi connectivity index (χ0n) is 15.5. The van der Waals surface area contributed by atoms with Crippen molar-refractivity contribution in [1.29, 1.82) is 0 Å². The summed E-state index contributed by atoms with van der Waals surface area (Å²) in [4.78, 5) is 31.9. The van der Waals surface area contributed by atoms with Crippen LogP contribution in [-0.2, 0) is 20.0 Å². The highest BCUT2D eigenvalue weighted by molar-refractivity contribution is 7.99. The zero-order chi connectivity index (χ0) is 20.5. The second kappa shape index (κ2) is 7.85. The molecule has 1 aromatic carbocycles. The minimum atomic E-state index is -0.535. The molecule has 13 heteroatoms. The van der Waals surface area contributed by atoms with Gasteiger partial charge in [0.15, 0.2) is 5.13 Å². The molecule has 3 heterocycles. The summed E-state index contributed by atoms with van der Waals surface area (Å²) in [5.41, 5.74) is 0.982. The van der Waals surface area contributed by atoms with E-state index in [2.05, 4.69) is 30.7 Å². The second-order valence-corrected chi connectivity index (χ2v) is 8.55. The number of nitrogens with one attached hydrogen (secondary N) is 1. The number of aromatic nitrogens is 5. The monoisotopic (exact) mass is 432 g/mol. The van der Waals surface area contributed by atoms with Gasteiger partial charge in [0.05, 0.1) is 16.2 Å². The normalized spacial score (nSPS) is 13.9. The van der Waals surface area contributed by atoms with Crippen LogP contribution in [0.1, 0.15) is 20.9 Å². The predicted molar refractivity (Wildman–Crippen MR) is 106 cm³/mol. The molecular weight excluding hydrogens is 416 g/mol. The van der Waals surface area contributed by atoms with E-state index in [1.807, 2.05) is 7.05 Å². The molecule has 29 heavy (non-hydrogen) atoms. The molecule has 1 N–H and O–H groups in total. The molecule has 0 bridgehead atoms. The summed E-state index contributed by atoms with van der Waals surface area (Å²) in [5.74, 6) is -0.467. The number of aryl methyl sites for hydroxylation is 1. The van der Waals surface area contributed by atoms with Crippen molar-refractivity contribution in [2.45, 2.75) is 23.0 Å². The van der Waals surface area contributed by atoms with E-state index in [0.29, 0.717) is 15.2 Å². The molecule has 0 fully saturated rings. The molecule has 0 aliphatic carbocycles. The van der Waals surface area contributed by atoms with Crippen molar-refractivity contribution < 1.29 is 9.72 Å². The topological polar surface area (TPSA) is 132 Å². The fourth-order valence-electron chi connectivity index (χ4n) is 2.85. The van der Waals surface area contributed by atoms with E-state index < -0.39 is 10.8 Å². The largest absolute Gasteiger partial charge is 0.301 e. The molecule has 11 nitrogen and oxygen atoms in total. The quantitative estimate of drug-likeness (QED) is 0.474. The van der Waals surface area contributed by atoms with Gasteiger partial charge in [0.1, 0.15) is 0 Å². The number of carbonyl (C=O) groups is 1. The summed E-state index contributed by atoms with van der Waals surface area (Å²) >= 11 is 2.58. The first kappa shape index (κ1) is 19.4. The molecule has 4 rings (SSSR count). The Hall–Kier alpha value is -2.90. The average molecular weight is 432 g/mol. The summed E-state index contributed by atoms with van der Waals surface area (Å²) in [7, 11) is 3.71. The molecule has 1 aliphatic rings. The number of nitro groups is 1. The first-order chi connectivity index (χ1) is 13.9.